The third kappa shape index (κ3) is 1.59. The molecule has 5 heteroatoms. The fraction of sp³-hybridized carbons (Fsp3) is 0.400. The molecule has 1 radical (unpaired) electrons. The van der Waals surface area contributed by atoms with Crippen molar-refractivity contribution in [3.05, 3.63) is 16.5 Å². The van der Waals surface area contributed by atoms with E-state index in [9.17, 15) is 13.2 Å². The number of rotatable bonds is 0. The van der Waals surface area contributed by atoms with Crippen molar-refractivity contribution < 1.29 is 13.2 Å². The van der Waals surface area contributed by atoms with Crippen molar-refractivity contribution in [2.75, 3.05) is 0 Å². The predicted octanol–water partition coefficient (Wildman–Crippen LogP) is 2.24. The van der Waals surface area contributed by atoms with Gasteiger partial charge in [0.1, 0.15) is 11.1 Å². The Morgan fingerprint density at radius 3 is 2.30 bits per heavy atom. The van der Waals surface area contributed by atoms with Gasteiger partial charge >= 0.3 is 6.18 Å². The summed E-state index contributed by atoms with van der Waals surface area (Å²) in [5.41, 5.74) is -0.671. The molecule has 1 N–H and O–H groups in total. The first-order valence-corrected chi connectivity index (χ1v) is 3.43. The van der Waals surface area contributed by atoms with Gasteiger partial charge in [-0.05, 0) is 6.92 Å². The van der Waals surface area contributed by atoms with Gasteiger partial charge in [0.05, 0.1) is 0 Å². The van der Waals surface area contributed by atoms with Crippen LogP contribution in [0.1, 0.15) is 6.92 Å². The Labute approximate surface area is 60.7 Å². The molecule has 0 aliphatic carbocycles. The number of hydrogen-bond donors (Lipinski definition) is 1. The normalized spacial score (nSPS) is 20.6. The molecular formula is C5H5F3NS. The first kappa shape index (κ1) is 7.78. The van der Waals surface area contributed by atoms with E-state index in [4.69, 9.17) is 0 Å². The smallest absolute Gasteiger partial charge is 0.364 e. The van der Waals surface area contributed by atoms with Crippen LogP contribution in [0, 0.1) is 5.37 Å². The lowest BCUT2D eigenvalue weighted by molar-refractivity contribution is -0.0954. The summed E-state index contributed by atoms with van der Waals surface area (Å²) in [6.07, 6.45) is -4.23. The lowest BCUT2D eigenvalue weighted by Crippen LogP contribution is -2.23. The molecule has 0 spiro atoms. The Bertz CT molecular complexity index is 163. The van der Waals surface area contributed by atoms with Crippen LogP contribution in [0.2, 0.25) is 0 Å². The van der Waals surface area contributed by atoms with E-state index in [-0.39, 0.29) is 0 Å². The minimum absolute atomic E-state index is 0.562. The largest absolute Gasteiger partial charge is 0.431 e. The van der Waals surface area contributed by atoms with Crippen LogP contribution in [0.4, 0.5) is 13.2 Å². The van der Waals surface area contributed by atoms with E-state index in [2.05, 4.69) is 5.32 Å². The molecule has 0 aromatic rings. The average Bonchev–Trinajstić information content (AvgIpc) is 2.11. The van der Waals surface area contributed by atoms with E-state index in [1.54, 1.807) is 6.92 Å². The first-order valence-electron chi connectivity index (χ1n) is 2.55. The van der Waals surface area contributed by atoms with Gasteiger partial charge in [0.25, 0.3) is 0 Å². The van der Waals surface area contributed by atoms with Gasteiger partial charge < -0.3 is 5.32 Å². The second kappa shape index (κ2) is 2.38. The van der Waals surface area contributed by atoms with Crippen molar-refractivity contribution in [1.82, 2.24) is 5.32 Å². The molecule has 1 aliphatic heterocycles. The Hall–Kier alpha value is -0.320. The van der Waals surface area contributed by atoms with Crippen molar-refractivity contribution in [3.63, 3.8) is 0 Å². The maximum absolute atomic E-state index is 11.8. The summed E-state index contributed by atoms with van der Waals surface area (Å²) in [5.74, 6) is 0. The zero-order valence-electron chi connectivity index (χ0n) is 5.12. The minimum Gasteiger partial charge on any atom is -0.364 e. The lowest BCUT2D eigenvalue weighted by atomic mass is 10.5. The SMILES string of the molecule is C[C]1NC(C(F)(F)F)=CS1. The topological polar surface area (TPSA) is 12.0 Å². The fourth-order valence-electron chi connectivity index (χ4n) is 0.534. The van der Waals surface area contributed by atoms with Crippen molar-refractivity contribution >= 4 is 11.8 Å². The van der Waals surface area contributed by atoms with E-state index in [0.717, 1.165) is 17.2 Å². The van der Waals surface area contributed by atoms with Gasteiger partial charge in [0.15, 0.2) is 0 Å². The van der Waals surface area contributed by atoms with E-state index in [1.807, 2.05) is 0 Å². The van der Waals surface area contributed by atoms with E-state index < -0.39 is 11.9 Å². The molecule has 10 heavy (non-hydrogen) atoms. The van der Waals surface area contributed by atoms with Crippen molar-refractivity contribution in [2.24, 2.45) is 0 Å². The monoisotopic (exact) mass is 168 g/mol. The third-order valence-electron chi connectivity index (χ3n) is 0.970. The molecule has 0 saturated heterocycles. The van der Waals surface area contributed by atoms with Crippen LogP contribution in [0.15, 0.2) is 11.1 Å². The zero-order chi connectivity index (χ0) is 7.78. The number of halogens is 3. The highest BCUT2D eigenvalue weighted by atomic mass is 32.2. The molecule has 1 heterocycles. The summed E-state index contributed by atoms with van der Waals surface area (Å²) in [6, 6.07) is 0. The molecule has 1 nitrogen and oxygen atoms in total. The molecule has 0 atom stereocenters. The number of thioether (sulfide) groups is 1. The quantitative estimate of drug-likeness (QED) is 0.595. The van der Waals surface area contributed by atoms with Gasteiger partial charge in [-0.2, -0.15) is 13.2 Å². The van der Waals surface area contributed by atoms with E-state index in [0.29, 0.717) is 5.37 Å². The maximum atomic E-state index is 11.8. The first-order chi connectivity index (χ1) is 4.50. The standard InChI is InChI=1S/C5H5F3NS/c1-3-9-4(2-10-3)5(6,7)8/h2,9H,1H3. The molecule has 0 aromatic carbocycles. The zero-order valence-corrected chi connectivity index (χ0v) is 5.94. The van der Waals surface area contributed by atoms with Crippen LogP contribution in [0.5, 0.6) is 0 Å². The summed E-state index contributed by atoms with van der Waals surface area (Å²) < 4.78 is 35.3. The van der Waals surface area contributed by atoms with Crippen LogP contribution < -0.4 is 5.32 Å². The molecular weight excluding hydrogens is 163 g/mol. The van der Waals surface area contributed by atoms with Crippen molar-refractivity contribution in [3.8, 4) is 0 Å². The summed E-state index contributed by atoms with van der Waals surface area (Å²) in [7, 11) is 0. The molecule has 0 unspecified atom stereocenters. The van der Waals surface area contributed by atoms with Gasteiger partial charge in [0, 0.05) is 5.41 Å². The van der Waals surface area contributed by atoms with Crippen LogP contribution in [0.3, 0.4) is 0 Å². The maximum Gasteiger partial charge on any atom is 0.431 e. The van der Waals surface area contributed by atoms with Crippen LogP contribution in [-0.2, 0) is 0 Å². The summed E-state index contributed by atoms with van der Waals surface area (Å²) in [4.78, 5) is 0. The second-order valence-electron chi connectivity index (χ2n) is 1.83. The van der Waals surface area contributed by atoms with Crippen LogP contribution in [0.25, 0.3) is 0 Å². The van der Waals surface area contributed by atoms with Crippen LogP contribution >= 0.6 is 11.8 Å². The van der Waals surface area contributed by atoms with Gasteiger partial charge in [0.2, 0.25) is 0 Å². The summed E-state index contributed by atoms with van der Waals surface area (Å²) >= 11 is 1.06. The summed E-state index contributed by atoms with van der Waals surface area (Å²) in [6.45, 7) is 1.60. The highest BCUT2D eigenvalue weighted by Gasteiger charge is 2.37. The lowest BCUT2D eigenvalue weighted by Gasteiger charge is -2.08. The predicted molar refractivity (Wildman–Crippen MR) is 33.8 cm³/mol. The molecule has 0 saturated carbocycles. The Morgan fingerprint density at radius 2 is 2.10 bits per heavy atom. The molecule has 0 aromatic heterocycles. The van der Waals surface area contributed by atoms with Crippen molar-refractivity contribution in [1.29, 1.82) is 0 Å². The number of nitrogens with one attached hydrogen (secondary N) is 1. The van der Waals surface area contributed by atoms with E-state index in [1.165, 1.54) is 0 Å². The Kier molecular flexibility index (Phi) is 1.85. The van der Waals surface area contributed by atoms with Gasteiger partial charge in [-0.15, -0.1) is 11.8 Å². The molecule has 0 bridgehead atoms. The third-order valence-corrected chi connectivity index (χ3v) is 1.78. The number of hydrogen-bond acceptors (Lipinski definition) is 2. The van der Waals surface area contributed by atoms with Crippen molar-refractivity contribution in [2.45, 2.75) is 13.1 Å². The highest BCUT2D eigenvalue weighted by molar-refractivity contribution is 8.05. The van der Waals surface area contributed by atoms with E-state index >= 15 is 0 Å². The Balaban J connectivity index is 2.60. The molecule has 1 rings (SSSR count). The fourth-order valence-corrected chi connectivity index (χ4v) is 1.19. The second-order valence-corrected chi connectivity index (χ2v) is 2.91. The highest BCUT2D eigenvalue weighted by Crippen LogP contribution is 2.35. The number of alkyl halides is 3. The van der Waals surface area contributed by atoms with Gasteiger partial charge in [-0.1, -0.05) is 0 Å². The minimum atomic E-state index is -4.23. The van der Waals surface area contributed by atoms with Crippen LogP contribution in [-0.4, -0.2) is 6.18 Å². The van der Waals surface area contributed by atoms with Gasteiger partial charge in [-0.25, -0.2) is 0 Å². The Morgan fingerprint density at radius 1 is 1.50 bits per heavy atom. The van der Waals surface area contributed by atoms with Gasteiger partial charge in [-0.3, -0.25) is 0 Å². The number of allylic oxidation sites excluding steroid dienone is 1. The average molecular weight is 168 g/mol. The molecule has 0 amide bonds. The molecule has 0 fully saturated rings. The molecule has 57 valence electrons. The molecule has 1 aliphatic rings. The summed E-state index contributed by atoms with van der Waals surface area (Å²) in [5, 5.41) is 3.84.